The Kier molecular flexibility index (Phi) is 2.68. The number of carbonyl (C=O) groups is 1. The number of fused-ring (bicyclic) bond motifs is 3. The summed E-state index contributed by atoms with van der Waals surface area (Å²) in [6.45, 7) is 9.90. The minimum Gasteiger partial charge on any atom is -0.299 e. The SMILES string of the molecule is CC1(C)CCC[C@]2(C)[C@@H]1CC[C@@]13CC(=O)[C@](C)(CC[C@H]12)C3. The van der Waals surface area contributed by atoms with E-state index in [0.717, 1.165) is 18.3 Å². The molecule has 0 aromatic rings. The lowest BCUT2D eigenvalue weighted by atomic mass is 9.40. The van der Waals surface area contributed by atoms with Crippen LogP contribution in [0.15, 0.2) is 0 Å². The highest BCUT2D eigenvalue weighted by molar-refractivity contribution is 5.88. The van der Waals surface area contributed by atoms with Crippen molar-refractivity contribution in [2.75, 3.05) is 0 Å². The molecular formula is C20H32O. The molecule has 118 valence electrons. The van der Waals surface area contributed by atoms with Gasteiger partial charge in [-0.15, -0.1) is 0 Å². The fraction of sp³-hybridized carbons (Fsp3) is 0.950. The Morgan fingerprint density at radius 1 is 0.905 bits per heavy atom. The predicted octanol–water partition coefficient (Wildman–Crippen LogP) is 5.38. The Labute approximate surface area is 130 Å². The molecule has 1 nitrogen and oxygen atoms in total. The van der Waals surface area contributed by atoms with Gasteiger partial charge in [-0.3, -0.25) is 4.79 Å². The molecule has 0 aromatic carbocycles. The van der Waals surface area contributed by atoms with Crippen LogP contribution in [-0.2, 0) is 4.79 Å². The molecular weight excluding hydrogens is 256 g/mol. The van der Waals surface area contributed by atoms with E-state index in [-0.39, 0.29) is 5.41 Å². The number of hydrogen-bond donors (Lipinski definition) is 0. The molecule has 0 aliphatic heterocycles. The van der Waals surface area contributed by atoms with E-state index in [1.165, 1.54) is 51.4 Å². The molecule has 4 aliphatic rings. The molecule has 5 atom stereocenters. The lowest BCUT2D eigenvalue weighted by Gasteiger charge is -2.64. The van der Waals surface area contributed by atoms with Crippen molar-refractivity contribution in [2.24, 2.45) is 33.5 Å². The quantitative estimate of drug-likeness (QED) is 0.585. The number of Topliss-reactive ketones (excluding diaryl/α,β-unsaturated/α-hetero) is 1. The van der Waals surface area contributed by atoms with Gasteiger partial charge in [0.25, 0.3) is 0 Å². The summed E-state index contributed by atoms with van der Waals surface area (Å²) in [6.07, 6.45) is 11.6. The van der Waals surface area contributed by atoms with Crippen molar-refractivity contribution in [3.63, 3.8) is 0 Å². The van der Waals surface area contributed by atoms with Crippen molar-refractivity contribution in [3.05, 3.63) is 0 Å². The normalized spacial score (nSPS) is 55.0. The van der Waals surface area contributed by atoms with Crippen molar-refractivity contribution in [3.8, 4) is 0 Å². The zero-order chi connectivity index (χ0) is 15.1. The molecule has 4 fully saturated rings. The summed E-state index contributed by atoms with van der Waals surface area (Å²) in [5.41, 5.74) is 1.45. The highest BCUT2D eigenvalue weighted by Crippen LogP contribution is 2.72. The van der Waals surface area contributed by atoms with Crippen LogP contribution in [-0.4, -0.2) is 5.78 Å². The highest BCUT2D eigenvalue weighted by atomic mass is 16.1. The van der Waals surface area contributed by atoms with Gasteiger partial charge < -0.3 is 0 Å². The summed E-state index contributed by atoms with van der Waals surface area (Å²) in [5, 5.41) is 0. The maximum absolute atomic E-state index is 12.6. The van der Waals surface area contributed by atoms with Gasteiger partial charge in [0.1, 0.15) is 5.78 Å². The fourth-order valence-electron chi connectivity index (χ4n) is 7.83. The Hall–Kier alpha value is -0.330. The first-order valence-corrected chi connectivity index (χ1v) is 9.25. The van der Waals surface area contributed by atoms with Crippen molar-refractivity contribution in [2.45, 2.75) is 85.5 Å². The van der Waals surface area contributed by atoms with Gasteiger partial charge in [-0.1, -0.05) is 34.1 Å². The van der Waals surface area contributed by atoms with Gasteiger partial charge in [0.15, 0.2) is 0 Å². The van der Waals surface area contributed by atoms with Gasteiger partial charge in [-0.2, -0.15) is 0 Å². The van der Waals surface area contributed by atoms with E-state index < -0.39 is 0 Å². The number of rotatable bonds is 0. The third-order valence-electron chi connectivity index (χ3n) is 8.65. The third kappa shape index (κ3) is 1.67. The molecule has 0 unspecified atom stereocenters. The third-order valence-corrected chi connectivity index (χ3v) is 8.65. The summed E-state index contributed by atoms with van der Waals surface area (Å²) in [5.74, 6) is 2.31. The van der Waals surface area contributed by atoms with Gasteiger partial charge in [0, 0.05) is 11.8 Å². The van der Waals surface area contributed by atoms with Gasteiger partial charge in [0.2, 0.25) is 0 Å². The first kappa shape index (κ1) is 14.3. The molecule has 0 N–H and O–H groups in total. The maximum Gasteiger partial charge on any atom is 0.139 e. The number of carbonyl (C=O) groups excluding carboxylic acids is 1. The summed E-state index contributed by atoms with van der Waals surface area (Å²) in [7, 11) is 0. The van der Waals surface area contributed by atoms with Crippen LogP contribution in [0.2, 0.25) is 0 Å². The minimum absolute atomic E-state index is 0.0455. The van der Waals surface area contributed by atoms with Gasteiger partial charge in [0.05, 0.1) is 0 Å². The van der Waals surface area contributed by atoms with Gasteiger partial charge in [-0.25, -0.2) is 0 Å². The van der Waals surface area contributed by atoms with Crippen LogP contribution in [0.5, 0.6) is 0 Å². The monoisotopic (exact) mass is 288 g/mol. The molecule has 0 amide bonds. The smallest absolute Gasteiger partial charge is 0.139 e. The van der Waals surface area contributed by atoms with Crippen molar-refractivity contribution in [1.29, 1.82) is 0 Å². The Bertz CT molecular complexity index is 492. The second-order valence-electron chi connectivity index (χ2n) is 10.2. The van der Waals surface area contributed by atoms with E-state index in [9.17, 15) is 4.79 Å². The van der Waals surface area contributed by atoms with Gasteiger partial charge >= 0.3 is 0 Å². The van der Waals surface area contributed by atoms with Crippen molar-refractivity contribution < 1.29 is 4.79 Å². The predicted molar refractivity (Wildman–Crippen MR) is 86.0 cm³/mol. The molecule has 0 radical (unpaired) electrons. The van der Waals surface area contributed by atoms with E-state index in [2.05, 4.69) is 27.7 Å². The van der Waals surface area contributed by atoms with Crippen LogP contribution in [0.4, 0.5) is 0 Å². The van der Waals surface area contributed by atoms with E-state index in [1.54, 1.807) is 0 Å². The minimum atomic E-state index is 0.0455. The van der Waals surface area contributed by atoms with Crippen LogP contribution in [0.3, 0.4) is 0 Å². The van der Waals surface area contributed by atoms with Crippen LogP contribution < -0.4 is 0 Å². The van der Waals surface area contributed by atoms with Crippen molar-refractivity contribution >= 4 is 5.78 Å². The highest BCUT2D eigenvalue weighted by Gasteiger charge is 2.66. The Morgan fingerprint density at radius 2 is 1.62 bits per heavy atom. The average Bonchev–Trinajstić information content (AvgIpc) is 2.54. The maximum atomic E-state index is 12.6. The van der Waals surface area contributed by atoms with E-state index >= 15 is 0 Å². The van der Waals surface area contributed by atoms with Crippen LogP contribution in [0.25, 0.3) is 0 Å². The molecule has 0 aromatic heterocycles. The number of ketones is 1. The van der Waals surface area contributed by atoms with Crippen LogP contribution in [0, 0.1) is 33.5 Å². The zero-order valence-electron chi connectivity index (χ0n) is 14.4. The lowest BCUT2D eigenvalue weighted by Crippen LogP contribution is -2.56. The molecule has 0 heterocycles. The summed E-state index contributed by atoms with van der Waals surface area (Å²) >= 11 is 0. The Balaban J connectivity index is 1.75. The summed E-state index contributed by atoms with van der Waals surface area (Å²) < 4.78 is 0. The van der Waals surface area contributed by atoms with Crippen molar-refractivity contribution in [1.82, 2.24) is 0 Å². The molecule has 0 saturated heterocycles. The zero-order valence-corrected chi connectivity index (χ0v) is 14.4. The Morgan fingerprint density at radius 3 is 2.38 bits per heavy atom. The molecule has 4 aliphatic carbocycles. The fourth-order valence-corrected chi connectivity index (χ4v) is 7.83. The second-order valence-corrected chi connectivity index (χ2v) is 10.2. The molecule has 2 bridgehead atoms. The number of hydrogen-bond acceptors (Lipinski definition) is 1. The van der Waals surface area contributed by atoms with Crippen LogP contribution >= 0.6 is 0 Å². The molecule has 4 saturated carbocycles. The summed E-state index contributed by atoms with van der Waals surface area (Å²) in [4.78, 5) is 12.6. The van der Waals surface area contributed by atoms with E-state index in [4.69, 9.17) is 0 Å². The largest absolute Gasteiger partial charge is 0.299 e. The van der Waals surface area contributed by atoms with E-state index in [1.807, 2.05) is 0 Å². The topological polar surface area (TPSA) is 17.1 Å². The standard InChI is InChI=1S/C20H32O/c1-17(2)8-5-9-19(4)14(17)7-11-20-12-16(21)18(3,13-20)10-6-15(19)20/h14-15H,5-13H2,1-4H3/t14-,15+,18-,19-,20+/m1/s1. The van der Waals surface area contributed by atoms with E-state index in [0.29, 0.717) is 22.0 Å². The van der Waals surface area contributed by atoms with Gasteiger partial charge in [-0.05, 0) is 73.0 Å². The molecule has 4 rings (SSSR count). The molecule has 1 heteroatoms. The summed E-state index contributed by atoms with van der Waals surface area (Å²) in [6, 6.07) is 0. The average molecular weight is 288 g/mol. The second kappa shape index (κ2) is 3.95. The lowest BCUT2D eigenvalue weighted by molar-refractivity contribution is -0.149. The van der Waals surface area contributed by atoms with Crippen LogP contribution in [0.1, 0.15) is 85.5 Å². The molecule has 21 heavy (non-hydrogen) atoms. The first-order valence-electron chi connectivity index (χ1n) is 9.25. The first-order chi connectivity index (χ1) is 9.72. The molecule has 1 spiro atoms.